The highest BCUT2D eigenvalue weighted by atomic mass is 19.1. The Balaban J connectivity index is 1.69. The Morgan fingerprint density at radius 1 is 1.00 bits per heavy atom. The Morgan fingerprint density at radius 3 is 2.27 bits per heavy atom. The van der Waals surface area contributed by atoms with Crippen LogP contribution in [0.3, 0.4) is 0 Å². The molecule has 0 aliphatic rings. The zero-order valence-corrected chi connectivity index (χ0v) is 14.9. The fraction of sp³-hybridized carbons (Fsp3) is 0.263. The van der Waals surface area contributed by atoms with Gasteiger partial charge in [-0.3, -0.25) is 9.79 Å². The zero-order valence-electron chi connectivity index (χ0n) is 14.9. The lowest BCUT2D eigenvalue weighted by Gasteiger charge is -2.12. The van der Waals surface area contributed by atoms with Crippen molar-refractivity contribution in [1.82, 2.24) is 16.0 Å². The van der Waals surface area contributed by atoms with Crippen LogP contribution in [-0.4, -0.2) is 39.1 Å². The number of carbonyl (C=O) groups is 1. The molecule has 0 fully saturated rings. The number of ether oxygens (including phenoxy) is 1. The van der Waals surface area contributed by atoms with Crippen LogP contribution in [-0.2, 0) is 6.54 Å². The van der Waals surface area contributed by atoms with Gasteiger partial charge in [0.2, 0.25) is 0 Å². The van der Waals surface area contributed by atoms with E-state index in [2.05, 4.69) is 20.9 Å². The summed E-state index contributed by atoms with van der Waals surface area (Å²) in [6.45, 7) is 1.49. The van der Waals surface area contributed by atoms with Crippen LogP contribution in [0.5, 0.6) is 5.75 Å². The van der Waals surface area contributed by atoms with Gasteiger partial charge in [0.05, 0.1) is 7.11 Å². The van der Waals surface area contributed by atoms with Crippen LogP contribution in [0, 0.1) is 5.82 Å². The van der Waals surface area contributed by atoms with E-state index in [4.69, 9.17) is 4.74 Å². The van der Waals surface area contributed by atoms with Crippen LogP contribution in [0.25, 0.3) is 0 Å². The predicted octanol–water partition coefficient (Wildman–Crippen LogP) is 1.93. The predicted molar refractivity (Wildman–Crippen MR) is 99.9 cm³/mol. The molecule has 2 aromatic carbocycles. The molecule has 2 aromatic rings. The molecule has 1 amide bonds. The lowest BCUT2D eigenvalue weighted by Crippen LogP contribution is -2.41. The minimum absolute atomic E-state index is 0.149. The highest BCUT2D eigenvalue weighted by Gasteiger charge is 2.05. The molecular weight excluding hydrogens is 335 g/mol. The molecule has 0 radical (unpaired) electrons. The summed E-state index contributed by atoms with van der Waals surface area (Å²) < 4.78 is 18.0. The number of methoxy groups -OCH3 is 1. The van der Waals surface area contributed by atoms with Crippen molar-refractivity contribution in [2.75, 3.05) is 27.2 Å². The quantitative estimate of drug-likeness (QED) is 0.402. The molecule has 0 bridgehead atoms. The first-order valence-electron chi connectivity index (χ1n) is 8.23. The van der Waals surface area contributed by atoms with E-state index >= 15 is 0 Å². The molecule has 3 N–H and O–H groups in total. The Morgan fingerprint density at radius 2 is 1.65 bits per heavy atom. The summed E-state index contributed by atoms with van der Waals surface area (Å²) in [6, 6.07) is 13.2. The number of carbonyl (C=O) groups excluding carboxylic acids is 1. The second-order valence-electron chi connectivity index (χ2n) is 5.46. The van der Waals surface area contributed by atoms with E-state index < -0.39 is 0 Å². The van der Waals surface area contributed by atoms with Crippen LogP contribution >= 0.6 is 0 Å². The molecule has 6 nitrogen and oxygen atoms in total. The van der Waals surface area contributed by atoms with Gasteiger partial charge >= 0.3 is 0 Å². The highest BCUT2D eigenvalue weighted by Crippen LogP contribution is 2.10. The summed E-state index contributed by atoms with van der Waals surface area (Å²) in [6.07, 6.45) is 0. The Kier molecular flexibility index (Phi) is 7.42. The maximum absolute atomic E-state index is 12.9. The van der Waals surface area contributed by atoms with Gasteiger partial charge in [-0.2, -0.15) is 0 Å². The third-order valence-corrected chi connectivity index (χ3v) is 3.65. The molecule has 26 heavy (non-hydrogen) atoms. The second-order valence-corrected chi connectivity index (χ2v) is 5.46. The number of guanidine groups is 1. The average Bonchev–Trinajstić information content (AvgIpc) is 2.68. The van der Waals surface area contributed by atoms with Crippen LogP contribution < -0.4 is 20.7 Å². The van der Waals surface area contributed by atoms with Gasteiger partial charge in [-0.05, 0) is 42.0 Å². The van der Waals surface area contributed by atoms with Gasteiger partial charge in [0, 0.05) is 32.2 Å². The van der Waals surface area contributed by atoms with Crippen molar-refractivity contribution in [2.24, 2.45) is 4.99 Å². The number of halogens is 1. The summed E-state index contributed by atoms with van der Waals surface area (Å²) >= 11 is 0. The zero-order chi connectivity index (χ0) is 18.8. The molecule has 0 saturated heterocycles. The fourth-order valence-electron chi connectivity index (χ4n) is 2.21. The van der Waals surface area contributed by atoms with E-state index in [9.17, 15) is 9.18 Å². The van der Waals surface area contributed by atoms with Crippen molar-refractivity contribution in [1.29, 1.82) is 0 Å². The van der Waals surface area contributed by atoms with Gasteiger partial charge in [-0.15, -0.1) is 0 Å². The van der Waals surface area contributed by atoms with Gasteiger partial charge in [0.25, 0.3) is 5.91 Å². The second kappa shape index (κ2) is 10.0. The SMILES string of the molecule is CN=C(NCCNC(=O)c1ccc(OC)cc1)NCc1ccc(F)cc1. The van der Waals surface area contributed by atoms with Gasteiger partial charge in [0.1, 0.15) is 11.6 Å². The standard InChI is InChI=1S/C19H23FN4O2/c1-21-19(24-13-14-3-7-16(20)8-4-14)23-12-11-22-18(25)15-5-9-17(26-2)10-6-15/h3-10H,11-13H2,1-2H3,(H,22,25)(H2,21,23,24). The lowest BCUT2D eigenvalue weighted by atomic mass is 10.2. The van der Waals surface area contributed by atoms with E-state index in [1.165, 1.54) is 12.1 Å². The lowest BCUT2D eigenvalue weighted by molar-refractivity contribution is 0.0954. The first-order chi connectivity index (χ1) is 12.6. The van der Waals surface area contributed by atoms with Gasteiger partial charge < -0.3 is 20.7 Å². The molecule has 0 unspecified atom stereocenters. The fourth-order valence-corrected chi connectivity index (χ4v) is 2.21. The van der Waals surface area contributed by atoms with E-state index in [0.717, 1.165) is 5.56 Å². The molecule has 0 aromatic heterocycles. The van der Waals surface area contributed by atoms with E-state index in [-0.39, 0.29) is 11.7 Å². The molecule has 0 aliphatic carbocycles. The van der Waals surface area contributed by atoms with Crippen molar-refractivity contribution < 1.29 is 13.9 Å². The first kappa shape index (κ1) is 19.2. The average molecular weight is 358 g/mol. The molecule has 0 spiro atoms. The summed E-state index contributed by atoms with van der Waals surface area (Å²) in [5.41, 5.74) is 1.52. The van der Waals surface area contributed by atoms with Crippen LogP contribution in [0.2, 0.25) is 0 Å². The summed E-state index contributed by atoms with van der Waals surface area (Å²) in [5.74, 6) is 0.903. The Labute approximate surface area is 152 Å². The van der Waals surface area contributed by atoms with Crippen molar-refractivity contribution in [3.63, 3.8) is 0 Å². The number of hydrogen-bond donors (Lipinski definition) is 3. The van der Waals surface area contributed by atoms with Crippen molar-refractivity contribution in [3.8, 4) is 5.75 Å². The third kappa shape index (κ3) is 6.08. The summed E-state index contributed by atoms with van der Waals surface area (Å²) in [7, 11) is 3.24. The first-order valence-corrected chi connectivity index (χ1v) is 8.23. The maximum Gasteiger partial charge on any atom is 0.251 e. The molecule has 7 heteroatoms. The summed E-state index contributed by atoms with van der Waals surface area (Å²) in [4.78, 5) is 16.1. The number of aliphatic imine (C=N–C) groups is 1. The van der Waals surface area contributed by atoms with Gasteiger partial charge in [-0.1, -0.05) is 12.1 Å². The van der Waals surface area contributed by atoms with Crippen molar-refractivity contribution in [3.05, 3.63) is 65.5 Å². The number of rotatable bonds is 7. The van der Waals surface area contributed by atoms with Crippen LogP contribution in [0.15, 0.2) is 53.5 Å². The Hall–Kier alpha value is -3.09. The van der Waals surface area contributed by atoms with Crippen molar-refractivity contribution in [2.45, 2.75) is 6.54 Å². The maximum atomic E-state index is 12.9. The number of nitrogens with zero attached hydrogens (tertiary/aromatic N) is 1. The third-order valence-electron chi connectivity index (χ3n) is 3.65. The molecular formula is C19H23FN4O2. The summed E-state index contributed by atoms with van der Waals surface area (Å²) in [5, 5.41) is 9.06. The van der Waals surface area contributed by atoms with E-state index in [1.807, 2.05) is 0 Å². The Bertz CT molecular complexity index is 730. The number of nitrogens with one attached hydrogen (secondary N) is 3. The van der Waals surface area contributed by atoms with Crippen molar-refractivity contribution >= 4 is 11.9 Å². The number of amides is 1. The topological polar surface area (TPSA) is 74.8 Å². The van der Waals surface area contributed by atoms with Gasteiger partial charge in [-0.25, -0.2) is 4.39 Å². The van der Waals surface area contributed by atoms with E-state index in [1.54, 1.807) is 50.6 Å². The molecule has 2 rings (SSSR count). The smallest absolute Gasteiger partial charge is 0.251 e. The molecule has 0 atom stereocenters. The van der Waals surface area contributed by atoms with Crippen LogP contribution in [0.4, 0.5) is 4.39 Å². The molecule has 0 saturated carbocycles. The number of benzene rings is 2. The highest BCUT2D eigenvalue weighted by molar-refractivity contribution is 5.94. The largest absolute Gasteiger partial charge is 0.497 e. The monoisotopic (exact) mass is 358 g/mol. The normalized spacial score (nSPS) is 11.0. The molecule has 0 heterocycles. The minimum atomic E-state index is -0.260. The van der Waals surface area contributed by atoms with Crippen LogP contribution in [0.1, 0.15) is 15.9 Å². The van der Waals surface area contributed by atoms with Gasteiger partial charge in [0.15, 0.2) is 5.96 Å². The minimum Gasteiger partial charge on any atom is -0.497 e. The number of hydrogen-bond acceptors (Lipinski definition) is 3. The van der Waals surface area contributed by atoms with E-state index in [0.29, 0.717) is 36.9 Å². The molecule has 0 aliphatic heterocycles. The molecule has 138 valence electrons.